The first-order chi connectivity index (χ1) is 19.3. The maximum Gasteiger partial charge on any atom is 0.396 e. The molecule has 9 heteroatoms. The van der Waals surface area contributed by atoms with Crippen LogP contribution >= 0.6 is 0 Å². The fourth-order valence-electron chi connectivity index (χ4n) is 4.72. The highest BCUT2D eigenvalue weighted by Crippen LogP contribution is 2.40. The summed E-state index contributed by atoms with van der Waals surface area (Å²) in [5.41, 5.74) is 3.27. The van der Waals surface area contributed by atoms with Gasteiger partial charge in [0, 0.05) is 18.8 Å². The molecule has 2 amide bonds. The molecular weight excluding hydrogens is 531 g/mol. The van der Waals surface area contributed by atoms with Crippen molar-refractivity contribution in [2.75, 3.05) is 28.6 Å². The maximum atomic E-state index is 13.8. The average Bonchev–Trinajstić information content (AvgIpc) is 2.87. The SMILES string of the molecule is CC(C)CN(CC(C)C)c1ccc(C(CC(=O)O)C(F)(F)F)cc1NC(=O)Nc1ccc(Cc2ccccc2)cc1. The van der Waals surface area contributed by atoms with Gasteiger partial charge in [0.1, 0.15) is 0 Å². The number of aliphatic carboxylic acids is 1. The van der Waals surface area contributed by atoms with Gasteiger partial charge in [0.25, 0.3) is 0 Å². The van der Waals surface area contributed by atoms with Crippen molar-refractivity contribution < 1.29 is 27.9 Å². The Bertz CT molecular complexity index is 1280. The third-order valence-electron chi connectivity index (χ3n) is 6.42. The third kappa shape index (κ3) is 9.84. The fraction of sp³-hybridized carbons (Fsp3) is 0.375. The number of carboxylic acid groups (broad SMARTS) is 1. The van der Waals surface area contributed by atoms with Crippen LogP contribution in [0.5, 0.6) is 0 Å². The fourth-order valence-corrected chi connectivity index (χ4v) is 4.72. The molecule has 3 N–H and O–H groups in total. The molecule has 0 heterocycles. The average molecular weight is 570 g/mol. The first kappa shape index (κ1) is 31.5. The molecule has 0 radical (unpaired) electrons. The molecule has 3 rings (SSSR count). The number of urea groups is 1. The Hall–Kier alpha value is -4.01. The summed E-state index contributed by atoms with van der Waals surface area (Å²) < 4.78 is 41.5. The number of nitrogens with one attached hydrogen (secondary N) is 2. The summed E-state index contributed by atoms with van der Waals surface area (Å²) in [7, 11) is 0. The van der Waals surface area contributed by atoms with Crippen LogP contribution in [0.25, 0.3) is 0 Å². The number of hydrogen-bond acceptors (Lipinski definition) is 3. The third-order valence-corrected chi connectivity index (χ3v) is 6.42. The van der Waals surface area contributed by atoms with E-state index in [0.717, 1.165) is 17.5 Å². The molecule has 220 valence electrons. The molecule has 1 atom stereocenters. The van der Waals surface area contributed by atoms with Crippen molar-refractivity contribution in [2.45, 2.75) is 52.6 Å². The summed E-state index contributed by atoms with van der Waals surface area (Å²) in [4.78, 5) is 26.4. The van der Waals surface area contributed by atoms with E-state index in [0.29, 0.717) is 24.5 Å². The zero-order valence-corrected chi connectivity index (χ0v) is 23.8. The van der Waals surface area contributed by atoms with Gasteiger partial charge < -0.3 is 20.6 Å². The van der Waals surface area contributed by atoms with E-state index >= 15 is 0 Å². The van der Waals surface area contributed by atoms with E-state index < -0.39 is 30.5 Å². The van der Waals surface area contributed by atoms with Crippen LogP contribution in [0.3, 0.4) is 0 Å². The van der Waals surface area contributed by atoms with E-state index in [1.165, 1.54) is 18.2 Å². The second-order valence-electron chi connectivity index (χ2n) is 11.1. The van der Waals surface area contributed by atoms with Crippen LogP contribution in [0.15, 0.2) is 72.8 Å². The Morgan fingerprint density at radius 2 is 1.41 bits per heavy atom. The molecule has 0 aromatic heterocycles. The van der Waals surface area contributed by atoms with Crippen LogP contribution < -0.4 is 15.5 Å². The zero-order valence-electron chi connectivity index (χ0n) is 23.8. The summed E-state index contributed by atoms with van der Waals surface area (Å²) in [5, 5.41) is 14.6. The quantitative estimate of drug-likeness (QED) is 0.206. The van der Waals surface area contributed by atoms with E-state index in [2.05, 4.69) is 10.6 Å². The molecule has 0 aliphatic heterocycles. The number of hydrogen-bond donors (Lipinski definition) is 3. The number of anilines is 3. The van der Waals surface area contributed by atoms with Crippen molar-refractivity contribution in [3.63, 3.8) is 0 Å². The Balaban J connectivity index is 1.89. The lowest BCUT2D eigenvalue weighted by Gasteiger charge is -2.31. The zero-order chi connectivity index (χ0) is 30.2. The van der Waals surface area contributed by atoms with Gasteiger partial charge in [-0.05, 0) is 59.2 Å². The van der Waals surface area contributed by atoms with Crippen molar-refractivity contribution in [1.82, 2.24) is 0 Å². The smallest absolute Gasteiger partial charge is 0.396 e. The molecule has 0 saturated heterocycles. The van der Waals surface area contributed by atoms with Gasteiger partial charge >= 0.3 is 18.2 Å². The van der Waals surface area contributed by atoms with Gasteiger partial charge in [-0.1, -0.05) is 76.2 Å². The predicted molar refractivity (Wildman–Crippen MR) is 158 cm³/mol. The van der Waals surface area contributed by atoms with Crippen molar-refractivity contribution >= 4 is 29.1 Å². The Morgan fingerprint density at radius 3 is 1.95 bits per heavy atom. The number of carboxylic acids is 1. The monoisotopic (exact) mass is 569 g/mol. The Labute approximate surface area is 239 Å². The van der Waals surface area contributed by atoms with Crippen LogP contribution in [-0.4, -0.2) is 36.4 Å². The lowest BCUT2D eigenvalue weighted by atomic mass is 9.94. The molecule has 0 bridgehead atoms. The number of carbonyl (C=O) groups excluding carboxylic acids is 1. The van der Waals surface area contributed by atoms with Crippen LogP contribution in [0, 0.1) is 11.8 Å². The normalized spacial score (nSPS) is 12.3. The van der Waals surface area contributed by atoms with Crippen LogP contribution in [0.1, 0.15) is 56.7 Å². The van der Waals surface area contributed by atoms with Gasteiger partial charge in [0.05, 0.1) is 23.7 Å². The highest BCUT2D eigenvalue weighted by atomic mass is 19.4. The molecule has 3 aromatic rings. The van der Waals surface area contributed by atoms with E-state index in [1.54, 1.807) is 12.1 Å². The number of nitrogens with zero attached hydrogens (tertiary/aromatic N) is 1. The lowest BCUT2D eigenvalue weighted by molar-refractivity contribution is -0.163. The van der Waals surface area contributed by atoms with E-state index in [4.69, 9.17) is 5.11 Å². The summed E-state index contributed by atoms with van der Waals surface area (Å²) in [5.74, 6) is -3.27. The predicted octanol–water partition coefficient (Wildman–Crippen LogP) is 8.16. The number of alkyl halides is 3. The van der Waals surface area contributed by atoms with Gasteiger partial charge in [-0.2, -0.15) is 13.2 Å². The van der Waals surface area contributed by atoms with Crippen LogP contribution in [0.4, 0.5) is 35.0 Å². The maximum absolute atomic E-state index is 13.8. The van der Waals surface area contributed by atoms with E-state index in [-0.39, 0.29) is 23.1 Å². The topological polar surface area (TPSA) is 81.7 Å². The van der Waals surface area contributed by atoms with Gasteiger partial charge in [0.15, 0.2) is 0 Å². The van der Waals surface area contributed by atoms with E-state index in [9.17, 15) is 22.8 Å². The number of carbonyl (C=O) groups is 2. The van der Waals surface area contributed by atoms with Gasteiger partial charge in [-0.15, -0.1) is 0 Å². The van der Waals surface area contributed by atoms with Crippen molar-refractivity contribution in [2.24, 2.45) is 11.8 Å². The van der Waals surface area contributed by atoms with Crippen molar-refractivity contribution in [1.29, 1.82) is 0 Å². The van der Waals surface area contributed by atoms with Crippen molar-refractivity contribution in [3.05, 3.63) is 89.5 Å². The highest BCUT2D eigenvalue weighted by molar-refractivity contribution is 6.02. The van der Waals surface area contributed by atoms with E-state index in [1.807, 2.05) is 75.1 Å². The van der Waals surface area contributed by atoms with Crippen LogP contribution in [0.2, 0.25) is 0 Å². The molecule has 0 spiro atoms. The molecule has 0 aliphatic rings. The number of rotatable bonds is 12. The minimum absolute atomic E-state index is 0.182. The molecule has 0 fully saturated rings. The second kappa shape index (κ2) is 14.1. The minimum Gasteiger partial charge on any atom is -0.481 e. The molecule has 41 heavy (non-hydrogen) atoms. The standard InChI is InChI=1S/C32H38F3N3O3/c1-21(2)19-38(20-22(3)4)29-15-12-25(27(18-30(39)40)32(33,34)35)17-28(29)37-31(41)36-26-13-10-24(11-14-26)16-23-8-6-5-7-9-23/h5-15,17,21-22,27H,16,18-20H2,1-4H3,(H,39,40)(H2,36,37,41). The second-order valence-corrected chi connectivity index (χ2v) is 11.1. The lowest BCUT2D eigenvalue weighted by Crippen LogP contribution is -2.33. The molecule has 0 aliphatic carbocycles. The summed E-state index contributed by atoms with van der Waals surface area (Å²) in [6.45, 7) is 9.39. The van der Waals surface area contributed by atoms with Gasteiger partial charge in [-0.3, -0.25) is 4.79 Å². The molecule has 0 saturated carbocycles. The number of amides is 2. The first-order valence-corrected chi connectivity index (χ1v) is 13.7. The highest BCUT2D eigenvalue weighted by Gasteiger charge is 2.42. The number of benzene rings is 3. The van der Waals surface area contributed by atoms with Crippen LogP contribution in [-0.2, 0) is 11.2 Å². The van der Waals surface area contributed by atoms with Gasteiger partial charge in [0.2, 0.25) is 0 Å². The Morgan fingerprint density at radius 1 is 0.829 bits per heavy atom. The molecule has 1 unspecified atom stereocenters. The Kier molecular flexibility index (Phi) is 10.8. The summed E-state index contributed by atoms with van der Waals surface area (Å²) in [6.07, 6.45) is -5.14. The largest absolute Gasteiger partial charge is 0.481 e. The molecule has 3 aromatic carbocycles. The summed E-state index contributed by atoms with van der Waals surface area (Å²) in [6, 6.07) is 20.8. The summed E-state index contributed by atoms with van der Waals surface area (Å²) >= 11 is 0. The van der Waals surface area contributed by atoms with Gasteiger partial charge in [-0.25, -0.2) is 4.79 Å². The van der Waals surface area contributed by atoms with Crippen molar-refractivity contribution in [3.8, 4) is 0 Å². The molecule has 6 nitrogen and oxygen atoms in total. The first-order valence-electron chi connectivity index (χ1n) is 13.7. The molecular formula is C32H38F3N3O3. The number of halogens is 3. The minimum atomic E-state index is -4.77.